The first-order chi connectivity index (χ1) is 37.4. The maximum Gasteiger partial charge on any atom is 0.329 e. The van der Waals surface area contributed by atoms with Crippen molar-refractivity contribution in [2.75, 3.05) is 52.9 Å². The van der Waals surface area contributed by atoms with Crippen LogP contribution in [0.3, 0.4) is 0 Å². The lowest BCUT2D eigenvalue weighted by atomic mass is 9.89. The van der Waals surface area contributed by atoms with Crippen molar-refractivity contribution in [3.63, 3.8) is 0 Å². The van der Waals surface area contributed by atoms with E-state index in [2.05, 4.69) is 41.2 Å². The number of fused-ring (bicyclic) bond motifs is 24. The van der Waals surface area contributed by atoms with Gasteiger partial charge in [-0.15, -0.1) is 23.5 Å². The maximum absolute atomic E-state index is 15.8. The Kier molecular flexibility index (Phi) is 18.2. The van der Waals surface area contributed by atoms with Gasteiger partial charge in [0.05, 0.1) is 34.5 Å². The van der Waals surface area contributed by atoms with Gasteiger partial charge in [0.15, 0.2) is 9.74 Å². The third kappa shape index (κ3) is 11.9. The number of carbonyl (C=O) groups excluding carboxylic acids is 10. The smallest absolute Gasteiger partial charge is 0.329 e. The topological polar surface area (TPSA) is 302 Å². The van der Waals surface area contributed by atoms with Crippen molar-refractivity contribution in [1.29, 1.82) is 0 Å². The molecule has 79 heavy (non-hydrogen) atoms. The molecule has 4 aromatic rings. The predicted octanol–water partition coefficient (Wildman–Crippen LogP) is 1.37. The summed E-state index contributed by atoms with van der Waals surface area (Å²) in [7, 11) is 5.38. The molecule has 422 valence electrons. The van der Waals surface area contributed by atoms with Gasteiger partial charge in [0.25, 0.3) is 23.6 Å². The molecule has 8 amide bonds. The molecule has 24 nitrogen and oxygen atoms in total. The number of ether oxygens (including phenoxy) is 2. The van der Waals surface area contributed by atoms with Gasteiger partial charge in [-0.05, 0) is 55.9 Å². The summed E-state index contributed by atoms with van der Waals surface area (Å²) in [5.74, 6) is -11.3. The van der Waals surface area contributed by atoms with E-state index < -0.39 is 142 Å². The van der Waals surface area contributed by atoms with Crippen molar-refractivity contribution in [2.24, 2.45) is 17.8 Å². The molecule has 2 bridgehead atoms. The number of amides is 8. The normalized spacial score (nSPS) is 27.1. The van der Waals surface area contributed by atoms with Gasteiger partial charge in [0, 0.05) is 39.7 Å². The lowest BCUT2D eigenvalue weighted by Crippen LogP contribution is -2.71. The molecule has 0 radical (unpaired) electrons. The Morgan fingerprint density at radius 3 is 1.39 bits per heavy atom. The highest BCUT2D eigenvalue weighted by Gasteiger charge is 2.61. The number of carbonyl (C=O) groups is 10. The number of thioether (sulfide) groups is 2. The third-order valence-corrected chi connectivity index (χ3v) is 18.6. The van der Waals surface area contributed by atoms with Gasteiger partial charge < -0.3 is 50.3 Å². The number of aromatic nitrogens is 4. The Bertz CT molecular complexity index is 3070. The molecule has 26 heteroatoms. The van der Waals surface area contributed by atoms with E-state index in [0.29, 0.717) is 28.5 Å². The molecule has 5 aliphatic rings. The minimum Gasteiger partial charge on any atom is -0.461 e. The summed E-state index contributed by atoms with van der Waals surface area (Å²) >= 11 is 1.67. The van der Waals surface area contributed by atoms with E-state index in [9.17, 15) is 38.4 Å². The molecule has 0 saturated carbocycles. The van der Waals surface area contributed by atoms with Gasteiger partial charge in [0.1, 0.15) is 60.9 Å². The number of likely N-dealkylation sites (N-methyl/N-ethyl adjacent to an activating group) is 4. The van der Waals surface area contributed by atoms with Crippen molar-refractivity contribution < 1.29 is 57.4 Å². The van der Waals surface area contributed by atoms with Crippen LogP contribution in [0.4, 0.5) is 0 Å². The molecular weight excluding hydrogens is 1060 g/mol. The molecule has 5 fully saturated rings. The molecule has 10 atom stereocenters. The number of nitrogens with zero attached hydrogens (tertiary/aromatic N) is 8. The molecule has 5 saturated heterocycles. The number of benzene rings is 2. The van der Waals surface area contributed by atoms with Crippen molar-refractivity contribution in [1.82, 2.24) is 60.8 Å². The van der Waals surface area contributed by atoms with E-state index in [1.807, 2.05) is 13.8 Å². The first-order valence-corrected chi connectivity index (χ1v) is 27.7. The molecule has 2 aromatic carbocycles. The summed E-state index contributed by atoms with van der Waals surface area (Å²) in [4.78, 5) is 165. The Balaban J connectivity index is 1.33. The third-order valence-electron chi connectivity index (χ3n) is 15.0. The Hall–Kier alpha value is -7.48. The van der Waals surface area contributed by atoms with Crippen LogP contribution in [0.25, 0.3) is 22.1 Å². The maximum atomic E-state index is 15.8. The fourth-order valence-electron chi connectivity index (χ4n) is 9.48. The van der Waals surface area contributed by atoms with Crippen LogP contribution in [0.2, 0.25) is 0 Å². The number of hydrogen-bond acceptors (Lipinski definition) is 18. The average Bonchev–Trinajstić information content (AvgIpc) is 3.56. The molecule has 9 rings (SSSR count). The van der Waals surface area contributed by atoms with Gasteiger partial charge in [-0.2, -0.15) is 0 Å². The van der Waals surface area contributed by atoms with Crippen LogP contribution in [-0.4, -0.2) is 198 Å². The second-order valence-electron chi connectivity index (χ2n) is 20.4. The van der Waals surface area contributed by atoms with Crippen LogP contribution in [0.1, 0.15) is 75.9 Å². The minimum absolute atomic E-state index is 0.177. The number of hydrogen-bond donors (Lipinski definition) is 4. The number of para-hydroxylation sites is 4. The molecule has 0 aliphatic carbocycles. The van der Waals surface area contributed by atoms with Crippen LogP contribution in [0.15, 0.2) is 60.9 Å². The largest absolute Gasteiger partial charge is 0.461 e. The summed E-state index contributed by atoms with van der Waals surface area (Å²) < 4.78 is 11.7. The second kappa shape index (κ2) is 24.3. The molecular formula is C53H66N12O12S2. The van der Waals surface area contributed by atoms with Crippen LogP contribution in [0, 0.1) is 17.8 Å². The van der Waals surface area contributed by atoms with Gasteiger partial charge in [-0.3, -0.25) is 48.3 Å². The Morgan fingerprint density at radius 2 is 1.01 bits per heavy atom. The van der Waals surface area contributed by atoms with E-state index >= 15 is 9.59 Å². The van der Waals surface area contributed by atoms with Gasteiger partial charge >= 0.3 is 11.9 Å². The van der Waals surface area contributed by atoms with E-state index in [0.717, 1.165) is 43.1 Å². The van der Waals surface area contributed by atoms with Crippen LogP contribution in [-0.2, 0) is 47.8 Å². The summed E-state index contributed by atoms with van der Waals surface area (Å²) in [5, 5.41) is 10.3. The van der Waals surface area contributed by atoms with Crippen molar-refractivity contribution >= 4 is 105 Å². The van der Waals surface area contributed by atoms with Crippen molar-refractivity contribution in [3.8, 4) is 0 Å². The van der Waals surface area contributed by atoms with Gasteiger partial charge in [0.2, 0.25) is 23.6 Å². The predicted molar refractivity (Wildman–Crippen MR) is 291 cm³/mol. The lowest BCUT2D eigenvalue weighted by Gasteiger charge is -2.53. The van der Waals surface area contributed by atoms with E-state index in [4.69, 9.17) is 9.47 Å². The highest BCUT2D eigenvalue weighted by atomic mass is 32.2. The fourth-order valence-corrected chi connectivity index (χ4v) is 13.1. The van der Waals surface area contributed by atoms with E-state index in [1.54, 1.807) is 69.3 Å². The SMILES string of the molecule is CCC(C)C1C(=O)OCC(NC(=O)c2cnc3ccccc3n2)C(=O)NC(C)C(=O)N(C)C23CSC(CS2)(C(=O)N1C)N(C)C(=O)C(C)NC(=O)C(NC(=O)c1cnc2ccccc2n1)COC(=O)C(C(C)C(C)C)N(C)C3=O. The highest BCUT2D eigenvalue weighted by Crippen LogP contribution is 2.50. The summed E-state index contributed by atoms with van der Waals surface area (Å²) in [5.41, 5.74) is 1.40. The number of esters is 2. The lowest BCUT2D eigenvalue weighted by molar-refractivity contribution is -0.162. The molecule has 0 spiro atoms. The molecule has 2 aromatic heterocycles. The quantitative estimate of drug-likeness (QED) is 0.181. The van der Waals surface area contributed by atoms with Crippen molar-refractivity contribution in [3.05, 3.63) is 72.3 Å². The summed E-state index contributed by atoms with van der Waals surface area (Å²) in [6, 6.07) is 4.61. The standard InChI is InChI=1S/C53H66N12O12S2/c1-12-28(4)40-48(72)76-23-38(60-42(66)36-21-54-32-17-13-15-19-34(32)58-36)44(68)56-31(7)47(71)65(11)53-26-78-52(25-79-53,50(74)62(40)8)64(10)46(70)30(6)57-45(69)39(24-77-49(73)41(29(5)27(2)3)63(9)51(53)75)61-43(67)37-22-55-33-18-14-16-20-35(33)59-37/h13-22,27-31,38-41H,12,23-26H2,1-11H3,(H,56,68)(H,57,69)(H,60,66)(H,61,67). The molecule has 4 N–H and O–H groups in total. The van der Waals surface area contributed by atoms with Crippen molar-refractivity contribution in [2.45, 2.75) is 101 Å². The van der Waals surface area contributed by atoms with E-state index in [-0.39, 0.29) is 17.3 Å². The van der Waals surface area contributed by atoms with Gasteiger partial charge in [-0.25, -0.2) is 19.6 Å². The molecule has 5 aliphatic heterocycles. The van der Waals surface area contributed by atoms with Crippen LogP contribution < -0.4 is 21.3 Å². The molecule has 10 unspecified atom stereocenters. The summed E-state index contributed by atoms with van der Waals surface area (Å²) in [6.07, 6.45) is 2.74. The number of nitrogens with one attached hydrogen (secondary N) is 4. The van der Waals surface area contributed by atoms with Crippen LogP contribution in [0.5, 0.6) is 0 Å². The zero-order valence-corrected chi connectivity index (χ0v) is 47.4. The zero-order valence-electron chi connectivity index (χ0n) is 45.8. The Labute approximate surface area is 465 Å². The van der Waals surface area contributed by atoms with E-state index in [1.165, 1.54) is 54.4 Å². The fraction of sp³-hybridized carbons (Fsp3) is 0.509. The van der Waals surface area contributed by atoms with Crippen LogP contribution >= 0.6 is 23.5 Å². The monoisotopic (exact) mass is 1130 g/mol. The van der Waals surface area contributed by atoms with Gasteiger partial charge in [-0.1, -0.05) is 65.3 Å². The molecule has 7 heterocycles. The summed E-state index contributed by atoms with van der Waals surface area (Å²) in [6.45, 7) is 9.98. The second-order valence-corrected chi connectivity index (χ2v) is 22.9. The zero-order chi connectivity index (χ0) is 57.8. The first-order valence-electron chi connectivity index (χ1n) is 25.7. The highest BCUT2D eigenvalue weighted by molar-refractivity contribution is 8.09. The first kappa shape index (κ1) is 59.2. The average molecular weight is 1130 g/mol. The Morgan fingerprint density at radius 1 is 0.633 bits per heavy atom. The number of rotatable bonds is 8. The minimum atomic E-state index is -2.00.